The number of phenolic OH excluding ortho intramolecular Hbond substituents is 1. The number of anilines is 1. The van der Waals surface area contributed by atoms with Gasteiger partial charge in [0.05, 0.1) is 23.4 Å². The highest BCUT2D eigenvalue weighted by molar-refractivity contribution is 6.05. The average molecular weight is 571 g/mol. The number of carboxylic acids is 1. The topological polar surface area (TPSA) is 157 Å². The Morgan fingerprint density at radius 2 is 1.68 bits per heavy atom. The van der Waals surface area contributed by atoms with Crippen molar-refractivity contribution in [2.24, 2.45) is 0 Å². The number of rotatable bonds is 4. The van der Waals surface area contributed by atoms with Crippen LogP contribution in [0.1, 0.15) is 36.7 Å². The van der Waals surface area contributed by atoms with Crippen LogP contribution in [0.5, 0.6) is 5.75 Å². The van der Waals surface area contributed by atoms with Gasteiger partial charge in [0, 0.05) is 18.7 Å². The van der Waals surface area contributed by atoms with E-state index in [-0.39, 0.29) is 30.4 Å². The van der Waals surface area contributed by atoms with Crippen molar-refractivity contribution in [3.8, 4) is 16.9 Å². The molecule has 0 saturated carbocycles. The lowest BCUT2D eigenvalue weighted by Gasteiger charge is -2.38. The molecule has 4 N–H and O–H groups in total. The number of aliphatic carboxylic acids is 1. The summed E-state index contributed by atoms with van der Waals surface area (Å²) >= 11 is 0. The van der Waals surface area contributed by atoms with Gasteiger partial charge in [-0.25, -0.2) is 18.8 Å². The van der Waals surface area contributed by atoms with E-state index in [1.54, 1.807) is 20.8 Å². The summed E-state index contributed by atoms with van der Waals surface area (Å²) in [7, 11) is 0. The largest absolute Gasteiger partial charge is 0.508 e. The quantitative estimate of drug-likeness (QED) is 0.392. The van der Waals surface area contributed by atoms with Crippen LogP contribution in [0.15, 0.2) is 30.3 Å². The molecule has 2 aromatic carbocycles. The predicted octanol–water partition coefficient (Wildman–Crippen LogP) is 4.45. The molecule has 11 nitrogen and oxygen atoms in total. The van der Waals surface area contributed by atoms with Crippen LogP contribution in [0.2, 0.25) is 0 Å². The summed E-state index contributed by atoms with van der Waals surface area (Å²) in [5.41, 5.74) is -4.46. The second kappa shape index (κ2) is 10.9. The minimum absolute atomic E-state index is 0.197. The fraction of sp³-hybridized carbons (Fsp3) is 0.360. The molecule has 15 heteroatoms. The van der Waals surface area contributed by atoms with Crippen LogP contribution in [0.3, 0.4) is 0 Å². The number of phenols is 1. The van der Waals surface area contributed by atoms with Gasteiger partial charge in [0.1, 0.15) is 23.2 Å². The van der Waals surface area contributed by atoms with Gasteiger partial charge in [-0.2, -0.15) is 13.2 Å². The molecule has 1 saturated heterocycles. The molecule has 40 heavy (non-hydrogen) atoms. The van der Waals surface area contributed by atoms with Crippen molar-refractivity contribution in [1.29, 1.82) is 0 Å². The number of aromatic hydroxyl groups is 1. The molecule has 3 rings (SSSR count). The Kier molecular flexibility index (Phi) is 8.17. The summed E-state index contributed by atoms with van der Waals surface area (Å²) < 4.78 is 60.2. The average Bonchev–Trinajstić information content (AvgIpc) is 2.82. The minimum Gasteiger partial charge on any atom is -0.508 e. The standard InChI is InChI=1S/C25H25F4N3O8/c1-24(2,3)40-22(37)30-17-5-4-12(14-9-13(33)10-16(19(14)26)25(27,28)29)8-15(17)20(34)32-7-6-31(23(38)39)11-18(32)21(35)36/h4-5,8-10,18,33H,6-7,11H2,1-3H3,(H,30,37)(H,35,36)(H,38,39). The Labute approximate surface area is 224 Å². The number of hydrogen-bond donors (Lipinski definition) is 4. The molecule has 1 aliphatic heterocycles. The number of ether oxygens (including phenoxy) is 1. The molecule has 0 aliphatic carbocycles. The van der Waals surface area contributed by atoms with Crippen LogP contribution in [-0.4, -0.2) is 80.5 Å². The van der Waals surface area contributed by atoms with Crippen molar-refractivity contribution in [3.05, 3.63) is 47.3 Å². The predicted molar refractivity (Wildman–Crippen MR) is 130 cm³/mol. The number of nitrogens with one attached hydrogen (secondary N) is 1. The first kappa shape index (κ1) is 30.0. The number of carbonyl (C=O) groups excluding carboxylic acids is 2. The highest BCUT2D eigenvalue weighted by Gasteiger charge is 2.39. The van der Waals surface area contributed by atoms with Crippen molar-refractivity contribution in [2.45, 2.75) is 38.6 Å². The number of hydrogen-bond acceptors (Lipinski definition) is 6. The van der Waals surface area contributed by atoms with E-state index in [1.165, 1.54) is 0 Å². The van der Waals surface area contributed by atoms with Crippen LogP contribution < -0.4 is 5.32 Å². The maximum Gasteiger partial charge on any atom is 0.419 e. The molecule has 1 unspecified atom stereocenters. The van der Waals surface area contributed by atoms with Gasteiger partial charge in [-0.15, -0.1) is 0 Å². The van der Waals surface area contributed by atoms with E-state index in [2.05, 4.69) is 5.32 Å². The highest BCUT2D eigenvalue weighted by atomic mass is 19.4. The van der Waals surface area contributed by atoms with Gasteiger partial charge in [0.25, 0.3) is 5.91 Å². The fourth-order valence-electron chi connectivity index (χ4n) is 4.00. The molecule has 1 aliphatic rings. The third-order valence-electron chi connectivity index (χ3n) is 5.76. The number of carbonyl (C=O) groups is 4. The lowest BCUT2D eigenvalue weighted by Crippen LogP contribution is -2.59. The smallest absolute Gasteiger partial charge is 0.419 e. The van der Waals surface area contributed by atoms with Gasteiger partial charge in [-0.05, 0) is 50.6 Å². The van der Waals surface area contributed by atoms with E-state index in [4.69, 9.17) is 4.74 Å². The van der Waals surface area contributed by atoms with Crippen LogP contribution in [0.25, 0.3) is 11.1 Å². The van der Waals surface area contributed by atoms with Crippen molar-refractivity contribution >= 4 is 29.8 Å². The zero-order valence-corrected chi connectivity index (χ0v) is 21.4. The SMILES string of the molecule is CC(C)(C)OC(=O)Nc1ccc(-c2cc(O)cc(C(F)(F)F)c2F)cc1C(=O)N1CCN(C(=O)O)CC1C(=O)O. The normalized spacial score (nSPS) is 15.9. The van der Waals surface area contributed by atoms with E-state index < -0.39 is 76.7 Å². The van der Waals surface area contributed by atoms with Gasteiger partial charge in [-0.1, -0.05) is 6.07 Å². The summed E-state index contributed by atoms with van der Waals surface area (Å²) in [5.74, 6) is -5.23. The monoisotopic (exact) mass is 571 g/mol. The number of carboxylic acid groups (broad SMARTS) is 2. The fourth-order valence-corrected chi connectivity index (χ4v) is 4.00. The third-order valence-corrected chi connectivity index (χ3v) is 5.76. The molecule has 0 spiro atoms. The number of nitrogens with zero attached hydrogens (tertiary/aromatic N) is 2. The number of amides is 3. The summed E-state index contributed by atoms with van der Waals surface area (Å²) in [6, 6.07) is 2.34. The molecule has 1 heterocycles. The maximum absolute atomic E-state index is 14.9. The second-order valence-electron chi connectivity index (χ2n) is 9.82. The lowest BCUT2D eigenvalue weighted by atomic mass is 9.97. The maximum atomic E-state index is 14.9. The lowest BCUT2D eigenvalue weighted by molar-refractivity contribution is -0.144. The summed E-state index contributed by atoms with van der Waals surface area (Å²) in [6.07, 6.45) is -7.59. The first-order valence-electron chi connectivity index (χ1n) is 11.6. The van der Waals surface area contributed by atoms with Gasteiger partial charge in [0.2, 0.25) is 0 Å². The number of halogens is 4. The number of piperazine rings is 1. The van der Waals surface area contributed by atoms with Crippen LogP contribution in [0, 0.1) is 5.82 Å². The summed E-state index contributed by atoms with van der Waals surface area (Å²) in [6.45, 7) is 3.46. The summed E-state index contributed by atoms with van der Waals surface area (Å²) in [5, 5.41) is 31.1. The van der Waals surface area contributed by atoms with E-state index in [1.807, 2.05) is 0 Å². The third kappa shape index (κ3) is 6.71. The van der Waals surface area contributed by atoms with E-state index in [9.17, 15) is 52.1 Å². The summed E-state index contributed by atoms with van der Waals surface area (Å²) in [4.78, 5) is 50.9. The van der Waals surface area contributed by atoms with Crippen molar-refractivity contribution < 1.29 is 56.8 Å². The molecule has 1 fully saturated rings. The zero-order chi connectivity index (χ0) is 30.2. The Morgan fingerprint density at radius 3 is 2.23 bits per heavy atom. The molecular weight excluding hydrogens is 546 g/mol. The Balaban J connectivity index is 2.14. The first-order chi connectivity index (χ1) is 18.4. The molecule has 3 amide bonds. The van der Waals surface area contributed by atoms with Crippen LogP contribution in [0.4, 0.5) is 32.8 Å². The molecule has 1 atom stereocenters. The Bertz CT molecular complexity index is 1360. The van der Waals surface area contributed by atoms with Gasteiger partial charge in [-0.3, -0.25) is 10.1 Å². The Morgan fingerprint density at radius 1 is 1.02 bits per heavy atom. The molecular formula is C25H25F4N3O8. The second-order valence-corrected chi connectivity index (χ2v) is 9.82. The minimum atomic E-state index is -5.16. The molecule has 0 aromatic heterocycles. The van der Waals surface area contributed by atoms with Crippen LogP contribution >= 0.6 is 0 Å². The molecule has 2 aromatic rings. The van der Waals surface area contributed by atoms with Crippen molar-refractivity contribution in [2.75, 3.05) is 25.0 Å². The number of alkyl halides is 3. The van der Waals surface area contributed by atoms with Crippen molar-refractivity contribution in [1.82, 2.24) is 9.80 Å². The van der Waals surface area contributed by atoms with E-state index >= 15 is 0 Å². The Hall–Kier alpha value is -4.56. The highest BCUT2D eigenvalue weighted by Crippen LogP contribution is 2.39. The van der Waals surface area contributed by atoms with Gasteiger partial charge >= 0.3 is 24.3 Å². The molecule has 0 bridgehead atoms. The van der Waals surface area contributed by atoms with Crippen molar-refractivity contribution in [3.63, 3.8) is 0 Å². The molecule has 0 radical (unpaired) electrons. The van der Waals surface area contributed by atoms with Gasteiger partial charge in [0.15, 0.2) is 0 Å². The van der Waals surface area contributed by atoms with Gasteiger partial charge < -0.3 is 29.9 Å². The van der Waals surface area contributed by atoms with E-state index in [0.29, 0.717) is 6.07 Å². The number of benzene rings is 2. The van der Waals surface area contributed by atoms with Crippen LogP contribution in [-0.2, 0) is 15.7 Å². The molecule has 216 valence electrons. The van der Waals surface area contributed by atoms with E-state index in [0.717, 1.165) is 28.0 Å². The first-order valence-corrected chi connectivity index (χ1v) is 11.6. The zero-order valence-electron chi connectivity index (χ0n) is 21.4.